The molecule has 7 heteroatoms. The summed E-state index contributed by atoms with van der Waals surface area (Å²) in [5, 5.41) is 9.02. The summed E-state index contributed by atoms with van der Waals surface area (Å²) >= 11 is 5.60. The smallest absolute Gasteiger partial charge is 0.335 e. The number of nitrogens with one attached hydrogen (secondary N) is 1. The number of hydrogen-bond donors (Lipinski definition) is 3. The van der Waals surface area contributed by atoms with Gasteiger partial charge in [0.05, 0.1) is 28.2 Å². The highest BCUT2D eigenvalue weighted by Gasteiger charge is 2.09. The highest BCUT2D eigenvalue weighted by atomic mass is 35.5. The van der Waals surface area contributed by atoms with Crippen LogP contribution < -0.4 is 5.73 Å². The van der Waals surface area contributed by atoms with Gasteiger partial charge in [0.25, 0.3) is 0 Å². The van der Waals surface area contributed by atoms with Crippen molar-refractivity contribution in [2.45, 2.75) is 0 Å². The van der Waals surface area contributed by atoms with Crippen LogP contribution >= 0.6 is 11.6 Å². The van der Waals surface area contributed by atoms with Crippen LogP contribution in [0.3, 0.4) is 0 Å². The number of carboxylic acids is 1. The van der Waals surface area contributed by atoms with E-state index in [0.717, 1.165) is 5.56 Å². The summed E-state index contributed by atoms with van der Waals surface area (Å²) in [5.41, 5.74) is 8.76. The molecule has 23 heavy (non-hydrogen) atoms. The lowest BCUT2D eigenvalue weighted by Gasteiger charge is -1.99. The summed E-state index contributed by atoms with van der Waals surface area (Å²) in [6, 6.07) is 12.1. The lowest BCUT2D eigenvalue weighted by atomic mass is 10.2. The quantitative estimate of drug-likeness (QED) is 0.388. The highest BCUT2D eigenvalue weighted by Crippen LogP contribution is 2.23. The van der Waals surface area contributed by atoms with Crippen molar-refractivity contribution < 1.29 is 9.90 Å². The zero-order chi connectivity index (χ0) is 16.4. The third-order valence-corrected chi connectivity index (χ3v) is 3.55. The number of halogens is 1. The summed E-state index contributed by atoms with van der Waals surface area (Å²) < 4.78 is 0. The third-order valence-electron chi connectivity index (χ3n) is 3.28. The normalized spacial score (nSPS) is 11.8. The van der Waals surface area contributed by atoms with Crippen molar-refractivity contribution in [2.75, 3.05) is 5.88 Å². The highest BCUT2D eigenvalue weighted by molar-refractivity contribution is 6.28. The molecule has 0 saturated carbocycles. The Morgan fingerprint density at radius 3 is 2.65 bits per heavy atom. The molecular weight excluding hydrogens is 316 g/mol. The van der Waals surface area contributed by atoms with E-state index in [1.165, 1.54) is 6.07 Å². The maximum absolute atomic E-state index is 11.0. The molecule has 0 aliphatic carbocycles. The second-order valence-electron chi connectivity index (χ2n) is 4.91. The number of carbonyl (C=O) groups is 1. The number of aromatic amines is 1. The van der Waals surface area contributed by atoms with Gasteiger partial charge in [0.2, 0.25) is 0 Å². The molecule has 116 valence electrons. The SMILES string of the molecule is NC(CCl)=Nc1ccc(-c2nc3ccc(C(=O)O)cc3[nH]2)cc1. The summed E-state index contributed by atoms with van der Waals surface area (Å²) in [6.45, 7) is 0. The number of aromatic carboxylic acids is 1. The van der Waals surface area contributed by atoms with Crippen molar-refractivity contribution in [1.82, 2.24) is 9.97 Å². The minimum Gasteiger partial charge on any atom is -0.478 e. The van der Waals surface area contributed by atoms with Crippen molar-refractivity contribution in [3.05, 3.63) is 48.0 Å². The lowest BCUT2D eigenvalue weighted by Crippen LogP contribution is -2.12. The number of nitrogens with zero attached hydrogens (tertiary/aromatic N) is 2. The van der Waals surface area contributed by atoms with Crippen molar-refractivity contribution in [3.63, 3.8) is 0 Å². The van der Waals surface area contributed by atoms with E-state index in [-0.39, 0.29) is 11.4 Å². The van der Waals surface area contributed by atoms with Crippen LogP contribution in [0.2, 0.25) is 0 Å². The molecule has 3 aromatic rings. The molecule has 0 saturated heterocycles. The van der Waals surface area contributed by atoms with Gasteiger partial charge in [0.1, 0.15) is 11.7 Å². The lowest BCUT2D eigenvalue weighted by molar-refractivity contribution is 0.0697. The molecule has 0 bridgehead atoms. The van der Waals surface area contributed by atoms with E-state index in [2.05, 4.69) is 15.0 Å². The van der Waals surface area contributed by atoms with Crippen molar-refractivity contribution in [1.29, 1.82) is 0 Å². The Morgan fingerprint density at radius 1 is 1.26 bits per heavy atom. The van der Waals surface area contributed by atoms with E-state index in [4.69, 9.17) is 22.4 Å². The molecule has 0 amide bonds. The summed E-state index contributed by atoms with van der Waals surface area (Å²) in [5.74, 6) is 0.215. The third kappa shape index (κ3) is 3.17. The first-order valence-electron chi connectivity index (χ1n) is 6.79. The summed E-state index contributed by atoms with van der Waals surface area (Å²) in [4.78, 5) is 22.7. The van der Waals surface area contributed by atoms with Gasteiger partial charge < -0.3 is 15.8 Å². The first kappa shape index (κ1) is 15.1. The van der Waals surface area contributed by atoms with Gasteiger partial charge in [-0.3, -0.25) is 0 Å². The van der Waals surface area contributed by atoms with Gasteiger partial charge in [-0.1, -0.05) is 0 Å². The fourth-order valence-corrected chi connectivity index (χ4v) is 2.23. The molecule has 0 aliphatic heterocycles. The van der Waals surface area contributed by atoms with E-state index in [9.17, 15) is 4.79 Å². The summed E-state index contributed by atoms with van der Waals surface area (Å²) in [7, 11) is 0. The van der Waals surface area contributed by atoms with Gasteiger partial charge in [0.15, 0.2) is 0 Å². The van der Waals surface area contributed by atoms with Crippen LogP contribution in [0.25, 0.3) is 22.4 Å². The molecule has 6 nitrogen and oxygen atoms in total. The minimum absolute atomic E-state index is 0.178. The van der Waals surface area contributed by atoms with E-state index < -0.39 is 5.97 Å². The van der Waals surface area contributed by atoms with Crippen molar-refractivity contribution in [3.8, 4) is 11.4 Å². The molecule has 0 unspecified atom stereocenters. The van der Waals surface area contributed by atoms with Crippen LogP contribution in [0.15, 0.2) is 47.5 Å². The molecule has 0 fully saturated rings. The molecule has 3 rings (SSSR count). The molecule has 0 radical (unpaired) electrons. The average molecular weight is 329 g/mol. The number of hydrogen-bond acceptors (Lipinski definition) is 3. The Kier molecular flexibility index (Phi) is 3.99. The minimum atomic E-state index is -0.970. The molecule has 4 N–H and O–H groups in total. The zero-order valence-corrected chi connectivity index (χ0v) is 12.7. The standard InChI is InChI=1S/C16H13ClN4O2/c17-8-14(18)19-11-4-1-9(2-5-11)15-20-12-6-3-10(16(22)23)7-13(12)21-15/h1-7H,8H2,(H2,18,19)(H,20,21)(H,22,23). The molecule has 2 aromatic carbocycles. The Morgan fingerprint density at radius 2 is 2.00 bits per heavy atom. The van der Waals surface area contributed by atoms with Gasteiger partial charge in [0, 0.05) is 5.56 Å². The Labute approximate surface area is 136 Å². The number of aromatic nitrogens is 2. The number of imidazole rings is 1. The molecule has 0 spiro atoms. The molecule has 0 atom stereocenters. The number of alkyl halides is 1. The van der Waals surface area contributed by atoms with E-state index in [1.54, 1.807) is 12.1 Å². The number of amidine groups is 1. The number of H-pyrrole nitrogens is 1. The largest absolute Gasteiger partial charge is 0.478 e. The number of aliphatic imine (C=N–C) groups is 1. The van der Waals surface area contributed by atoms with Crippen LogP contribution in [-0.4, -0.2) is 32.8 Å². The van der Waals surface area contributed by atoms with E-state index in [1.807, 2.05) is 24.3 Å². The molecule has 1 heterocycles. The van der Waals surface area contributed by atoms with Crippen LogP contribution in [0.1, 0.15) is 10.4 Å². The second kappa shape index (κ2) is 6.10. The number of carboxylic acid groups (broad SMARTS) is 1. The fraction of sp³-hybridized carbons (Fsp3) is 0.0625. The predicted molar refractivity (Wildman–Crippen MR) is 90.5 cm³/mol. The topological polar surface area (TPSA) is 104 Å². The van der Waals surface area contributed by atoms with E-state index in [0.29, 0.717) is 28.4 Å². The van der Waals surface area contributed by atoms with Gasteiger partial charge in [-0.15, -0.1) is 11.6 Å². The Hall–Kier alpha value is -2.86. The number of fused-ring (bicyclic) bond motifs is 1. The second-order valence-corrected chi connectivity index (χ2v) is 5.17. The summed E-state index contributed by atoms with van der Waals surface area (Å²) in [6.07, 6.45) is 0. The number of rotatable bonds is 4. The first-order chi connectivity index (χ1) is 11.1. The maximum atomic E-state index is 11.0. The molecular formula is C16H13ClN4O2. The Balaban J connectivity index is 1.95. The first-order valence-corrected chi connectivity index (χ1v) is 7.33. The fourth-order valence-electron chi connectivity index (χ4n) is 2.17. The predicted octanol–water partition coefficient (Wildman–Crippen LogP) is 3.16. The maximum Gasteiger partial charge on any atom is 0.335 e. The van der Waals surface area contributed by atoms with Crippen molar-refractivity contribution >= 4 is 40.1 Å². The Bertz CT molecular complexity index is 900. The van der Waals surface area contributed by atoms with Gasteiger partial charge in [-0.05, 0) is 42.5 Å². The monoisotopic (exact) mass is 328 g/mol. The number of benzene rings is 2. The van der Waals surface area contributed by atoms with Crippen LogP contribution in [0.4, 0.5) is 5.69 Å². The van der Waals surface area contributed by atoms with Gasteiger partial charge in [-0.2, -0.15) is 0 Å². The van der Waals surface area contributed by atoms with Crippen LogP contribution in [-0.2, 0) is 0 Å². The van der Waals surface area contributed by atoms with Gasteiger partial charge in [-0.25, -0.2) is 14.8 Å². The number of nitrogens with two attached hydrogens (primary N) is 1. The van der Waals surface area contributed by atoms with E-state index >= 15 is 0 Å². The zero-order valence-electron chi connectivity index (χ0n) is 12.0. The van der Waals surface area contributed by atoms with Crippen molar-refractivity contribution in [2.24, 2.45) is 10.7 Å². The molecule has 0 aliphatic rings. The van der Waals surface area contributed by atoms with Crippen LogP contribution in [0.5, 0.6) is 0 Å². The molecule has 1 aromatic heterocycles. The average Bonchev–Trinajstić information content (AvgIpc) is 2.98. The van der Waals surface area contributed by atoms with Crippen LogP contribution in [0, 0.1) is 0 Å². The van der Waals surface area contributed by atoms with Gasteiger partial charge >= 0.3 is 5.97 Å².